The van der Waals surface area contributed by atoms with Crippen molar-refractivity contribution in [1.82, 2.24) is 9.97 Å². The summed E-state index contributed by atoms with van der Waals surface area (Å²) in [6, 6.07) is 0. The van der Waals surface area contributed by atoms with Gasteiger partial charge in [0.25, 0.3) is 0 Å². The van der Waals surface area contributed by atoms with Crippen LogP contribution < -0.4 is 10.2 Å². The van der Waals surface area contributed by atoms with Crippen molar-refractivity contribution in [3.05, 3.63) is 11.8 Å². The van der Waals surface area contributed by atoms with Crippen LogP contribution in [0.2, 0.25) is 0 Å². The lowest BCUT2D eigenvalue weighted by Gasteiger charge is -2.33. The molecule has 4 nitrogen and oxygen atoms in total. The molecule has 1 aliphatic rings. The second kappa shape index (κ2) is 6.03. The van der Waals surface area contributed by atoms with Gasteiger partial charge < -0.3 is 10.2 Å². The zero-order chi connectivity index (χ0) is 13.0. The minimum Gasteiger partial charge on any atom is -0.357 e. The summed E-state index contributed by atoms with van der Waals surface area (Å²) in [4.78, 5) is 11.2. The molecule has 0 atom stereocenters. The van der Waals surface area contributed by atoms with Gasteiger partial charge in [-0.05, 0) is 25.7 Å². The maximum atomic E-state index is 4.59. The van der Waals surface area contributed by atoms with Gasteiger partial charge in [-0.3, -0.25) is 0 Å². The highest BCUT2D eigenvalue weighted by atomic mass is 15.2. The second-order valence-corrected chi connectivity index (χ2v) is 5.17. The van der Waals surface area contributed by atoms with Crippen LogP contribution in [0.3, 0.4) is 0 Å². The lowest BCUT2D eigenvalue weighted by atomic mass is 9.92. The molecule has 1 saturated heterocycles. The molecule has 0 bridgehead atoms. The summed E-state index contributed by atoms with van der Waals surface area (Å²) in [6.45, 7) is 6.63. The van der Waals surface area contributed by atoms with Crippen LogP contribution in [-0.4, -0.2) is 30.1 Å². The van der Waals surface area contributed by atoms with E-state index in [0.29, 0.717) is 5.95 Å². The highest BCUT2D eigenvalue weighted by Gasteiger charge is 2.20. The summed E-state index contributed by atoms with van der Waals surface area (Å²) in [5.74, 6) is 2.73. The van der Waals surface area contributed by atoms with Crippen molar-refractivity contribution in [1.29, 1.82) is 0 Å². The molecule has 18 heavy (non-hydrogen) atoms. The average Bonchev–Trinajstić information content (AvgIpc) is 2.41. The van der Waals surface area contributed by atoms with Gasteiger partial charge in [0.1, 0.15) is 5.82 Å². The van der Waals surface area contributed by atoms with Gasteiger partial charge in [-0.15, -0.1) is 0 Å². The Labute approximate surface area is 110 Å². The van der Waals surface area contributed by atoms with Crippen LogP contribution in [0.15, 0.2) is 6.20 Å². The fraction of sp³-hybridized carbons (Fsp3) is 0.714. The van der Waals surface area contributed by atoms with Crippen molar-refractivity contribution >= 4 is 11.8 Å². The number of rotatable bonds is 4. The highest BCUT2D eigenvalue weighted by molar-refractivity contribution is 5.49. The second-order valence-electron chi connectivity index (χ2n) is 5.17. The number of piperidine rings is 1. The van der Waals surface area contributed by atoms with Gasteiger partial charge in [0, 0.05) is 31.9 Å². The summed E-state index contributed by atoms with van der Waals surface area (Å²) in [7, 11) is 1.86. The van der Waals surface area contributed by atoms with E-state index in [2.05, 4.69) is 34.0 Å². The minimum atomic E-state index is 0.714. The summed E-state index contributed by atoms with van der Waals surface area (Å²) in [5.41, 5.74) is 1.17. The van der Waals surface area contributed by atoms with Gasteiger partial charge in [0.05, 0.1) is 0 Å². The first-order valence-corrected chi connectivity index (χ1v) is 7.01. The molecule has 2 heterocycles. The van der Waals surface area contributed by atoms with Gasteiger partial charge in [0.15, 0.2) is 0 Å². The molecule has 0 amide bonds. The van der Waals surface area contributed by atoms with Crippen LogP contribution in [0.5, 0.6) is 0 Å². The quantitative estimate of drug-likeness (QED) is 0.889. The van der Waals surface area contributed by atoms with E-state index in [0.717, 1.165) is 24.8 Å². The molecule has 0 aromatic carbocycles. The van der Waals surface area contributed by atoms with E-state index in [1.165, 1.54) is 31.2 Å². The van der Waals surface area contributed by atoms with E-state index < -0.39 is 0 Å². The Bertz CT molecular complexity index is 383. The Balaban J connectivity index is 2.04. The zero-order valence-electron chi connectivity index (χ0n) is 11.7. The molecule has 1 aliphatic heterocycles. The van der Waals surface area contributed by atoms with E-state index in [4.69, 9.17) is 0 Å². The van der Waals surface area contributed by atoms with Crippen LogP contribution >= 0.6 is 0 Å². The normalized spacial score (nSPS) is 16.9. The Kier molecular flexibility index (Phi) is 4.39. The molecule has 0 radical (unpaired) electrons. The number of aromatic nitrogens is 2. The van der Waals surface area contributed by atoms with Gasteiger partial charge in [-0.25, -0.2) is 4.98 Å². The molecule has 1 N–H and O–H groups in total. The topological polar surface area (TPSA) is 41.1 Å². The molecule has 0 aliphatic carbocycles. The Morgan fingerprint density at radius 2 is 2.11 bits per heavy atom. The SMILES string of the molecule is CCCC1CCN(c2nc(NC)ncc2C)CC1. The fourth-order valence-corrected chi connectivity index (χ4v) is 2.72. The van der Waals surface area contributed by atoms with Crippen molar-refractivity contribution in [3.63, 3.8) is 0 Å². The Morgan fingerprint density at radius 1 is 1.39 bits per heavy atom. The van der Waals surface area contributed by atoms with Crippen LogP contribution in [0.25, 0.3) is 0 Å². The average molecular weight is 248 g/mol. The van der Waals surface area contributed by atoms with Crippen LogP contribution in [0, 0.1) is 12.8 Å². The Hall–Kier alpha value is -1.32. The summed E-state index contributed by atoms with van der Waals surface area (Å²) in [5, 5.41) is 3.01. The molecular weight excluding hydrogens is 224 g/mol. The van der Waals surface area contributed by atoms with E-state index in [9.17, 15) is 0 Å². The van der Waals surface area contributed by atoms with Crippen molar-refractivity contribution in [3.8, 4) is 0 Å². The monoisotopic (exact) mass is 248 g/mol. The van der Waals surface area contributed by atoms with Crippen molar-refractivity contribution in [2.24, 2.45) is 5.92 Å². The molecule has 1 fully saturated rings. The minimum absolute atomic E-state index is 0.714. The third-order valence-corrected chi connectivity index (χ3v) is 3.78. The molecule has 0 saturated carbocycles. The summed E-state index contributed by atoms with van der Waals surface area (Å²) in [6.07, 6.45) is 7.18. The van der Waals surface area contributed by atoms with Crippen LogP contribution in [0.1, 0.15) is 38.2 Å². The van der Waals surface area contributed by atoms with E-state index in [1.54, 1.807) is 0 Å². The van der Waals surface area contributed by atoms with Crippen molar-refractivity contribution in [2.45, 2.75) is 39.5 Å². The van der Waals surface area contributed by atoms with Gasteiger partial charge in [-0.1, -0.05) is 19.8 Å². The molecule has 4 heteroatoms. The zero-order valence-corrected chi connectivity index (χ0v) is 11.7. The molecule has 0 unspecified atom stereocenters. The van der Waals surface area contributed by atoms with Crippen molar-refractivity contribution < 1.29 is 0 Å². The van der Waals surface area contributed by atoms with E-state index in [1.807, 2.05) is 13.2 Å². The number of nitrogens with one attached hydrogen (secondary N) is 1. The standard InChI is InChI=1S/C14H24N4/c1-4-5-12-6-8-18(9-7-12)13-11(2)10-16-14(15-3)17-13/h10,12H,4-9H2,1-3H3,(H,15,16,17). The number of hydrogen-bond acceptors (Lipinski definition) is 4. The molecule has 2 rings (SSSR count). The van der Waals surface area contributed by atoms with E-state index in [-0.39, 0.29) is 0 Å². The number of hydrogen-bond donors (Lipinski definition) is 1. The third kappa shape index (κ3) is 2.92. The largest absolute Gasteiger partial charge is 0.357 e. The maximum Gasteiger partial charge on any atom is 0.224 e. The highest BCUT2D eigenvalue weighted by Crippen LogP contribution is 2.26. The predicted octanol–water partition coefficient (Wildman–Crippen LogP) is 2.84. The summed E-state index contributed by atoms with van der Waals surface area (Å²) >= 11 is 0. The van der Waals surface area contributed by atoms with E-state index >= 15 is 0 Å². The predicted molar refractivity (Wildman–Crippen MR) is 76.2 cm³/mol. The van der Waals surface area contributed by atoms with Crippen LogP contribution in [-0.2, 0) is 0 Å². The fourth-order valence-electron chi connectivity index (χ4n) is 2.72. The van der Waals surface area contributed by atoms with Gasteiger partial charge in [-0.2, -0.15) is 4.98 Å². The molecular formula is C14H24N4. The first kappa shape index (κ1) is 13.1. The molecule has 1 aromatic rings. The number of anilines is 2. The lowest BCUT2D eigenvalue weighted by molar-refractivity contribution is 0.377. The third-order valence-electron chi connectivity index (χ3n) is 3.78. The molecule has 1 aromatic heterocycles. The Morgan fingerprint density at radius 3 is 2.72 bits per heavy atom. The first-order valence-electron chi connectivity index (χ1n) is 7.01. The lowest BCUT2D eigenvalue weighted by Crippen LogP contribution is -2.34. The van der Waals surface area contributed by atoms with Gasteiger partial charge in [0.2, 0.25) is 5.95 Å². The maximum absolute atomic E-state index is 4.59. The molecule has 0 spiro atoms. The number of aryl methyl sites for hydroxylation is 1. The first-order chi connectivity index (χ1) is 8.74. The number of nitrogens with zero attached hydrogens (tertiary/aromatic N) is 3. The smallest absolute Gasteiger partial charge is 0.224 e. The van der Waals surface area contributed by atoms with Crippen LogP contribution in [0.4, 0.5) is 11.8 Å². The summed E-state index contributed by atoms with van der Waals surface area (Å²) < 4.78 is 0. The van der Waals surface area contributed by atoms with Crippen molar-refractivity contribution in [2.75, 3.05) is 30.4 Å². The van der Waals surface area contributed by atoms with Gasteiger partial charge >= 0.3 is 0 Å². The molecule has 100 valence electrons.